The molecule has 86 valence electrons. The Kier molecular flexibility index (Phi) is 5.14. The zero-order valence-electron chi connectivity index (χ0n) is 8.82. The summed E-state index contributed by atoms with van der Waals surface area (Å²) in [6.07, 6.45) is 0.170. The van der Waals surface area contributed by atoms with Crippen molar-refractivity contribution < 1.29 is 14.4 Å². The number of primary amides is 2. The van der Waals surface area contributed by atoms with Gasteiger partial charge in [0.15, 0.2) is 0 Å². The molecular weight excluding hydrogens is 200 g/mol. The molecule has 0 saturated heterocycles. The van der Waals surface area contributed by atoms with Gasteiger partial charge in [0, 0.05) is 13.0 Å². The number of nitrogens with zero attached hydrogens (tertiary/aromatic N) is 1. The van der Waals surface area contributed by atoms with Gasteiger partial charge in [-0.15, -0.1) is 0 Å². The van der Waals surface area contributed by atoms with Crippen LogP contribution in [0.4, 0.5) is 9.59 Å². The van der Waals surface area contributed by atoms with Crippen LogP contribution in [-0.2, 0) is 4.79 Å². The number of rotatable bonds is 4. The van der Waals surface area contributed by atoms with E-state index < -0.39 is 18.1 Å². The van der Waals surface area contributed by atoms with E-state index in [1.54, 1.807) is 13.8 Å². The Balaban J connectivity index is 4.42. The molecule has 0 rings (SSSR count). The highest BCUT2D eigenvalue weighted by atomic mass is 16.2. The second-order valence-corrected chi connectivity index (χ2v) is 3.05. The molecule has 0 aliphatic carbocycles. The molecule has 0 heterocycles. The Bertz CT molecular complexity index is 267. The van der Waals surface area contributed by atoms with Crippen LogP contribution < -0.4 is 16.8 Å². The minimum absolute atomic E-state index is 0.0873. The lowest BCUT2D eigenvalue weighted by atomic mass is 10.2. The molecular formula is C8H16N4O3. The van der Waals surface area contributed by atoms with Crippen molar-refractivity contribution in [3.8, 4) is 0 Å². The van der Waals surface area contributed by atoms with Gasteiger partial charge >= 0.3 is 12.1 Å². The van der Waals surface area contributed by atoms with E-state index in [0.29, 0.717) is 0 Å². The van der Waals surface area contributed by atoms with Gasteiger partial charge in [-0.3, -0.25) is 9.69 Å². The van der Waals surface area contributed by atoms with Crippen LogP contribution in [-0.4, -0.2) is 35.5 Å². The van der Waals surface area contributed by atoms with Crippen molar-refractivity contribution in [2.75, 3.05) is 6.54 Å². The van der Waals surface area contributed by atoms with E-state index in [0.717, 1.165) is 4.90 Å². The van der Waals surface area contributed by atoms with E-state index in [4.69, 9.17) is 11.5 Å². The predicted molar refractivity (Wildman–Crippen MR) is 53.8 cm³/mol. The summed E-state index contributed by atoms with van der Waals surface area (Å²) in [6.45, 7) is 3.30. The third-order valence-electron chi connectivity index (χ3n) is 1.82. The van der Waals surface area contributed by atoms with Crippen molar-refractivity contribution in [2.45, 2.75) is 26.3 Å². The highest BCUT2D eigenvalue weighted by Gasteiger charge is 2.23. The number of carbonyl (C=O) groups excluding carboxylic acids is 3. The maximum Gasteiger partial charge on any atom is 0.321 e. The van der Waals surface area contributed by atoms with Crippen molar-refractivity contribution in [2.24, 2.45) is 11.5 Å². The fraction of sp³-hybridized carbons (Fsp3) is 0.625. The topological polar surface area (TPSA) is 119 Å². The second-order valence-electron chi connectivity index (χ2n) is 3.05. The third-order valence-corrected chi connectivity index (χ3v) is 1.82. The summed E-state index contributed by atoms with van der Waals surface area (Å²) in [4.78, 5) is 33.6. The monoisotopic (exact) mass is 216 g/mol. The first-order valence-corrected chi connectivity index (χ1v) is 4.54. The summed E-state index contributed by atoms with van der Waals surface area (Å²) in [6, 6.07) is -2.06. The normalized spacial score (nSPS) is 11.6. The molecule has 1 atom stereocenters. The molecule has 1 unspecified atom stereocenters. The molecule has 0 aliphatic heterocycles. The lowest BCUT2D eigenvalue weighted by Crippen LogP contribution is -2.51. The molecule has 15 heavy (non-hydrogen) atoms. The number of imide groups is 1. The first kappa shape index (κ1) is 13.2. The van der Waals surface area contributed by atoms with E-state index in [1.165, 1.54) is 0 Å². The number of urea groups is 2. The van der Waals surface area contributed by atoms with Crippen molar-refractivity contribution in [1.82, 2.24) is 10.2 Å². The Morgan fingerprint density at radius 3 is 2.20 bits per heavy atom. The van der Waals surface area contributed by atoms with Gasteiger partial charge in [-0.1, -0.05) is 6.92 Å². The van der Waals surface area contributed by atoms with Crippen LogP contribution in [0.2, 0.25) is 0 Å². The molecule has 7 heteroatoms. The third kappa shape index (κ3) is 4.30. The summed E-state index contributed by atoms with van der Waals surface area (Å²) in [5.41, 5.74) is 9.90. The highest BCUT2D eigenvalue weighted by molar-refractivity contribution is 5.94. The summed E-state index contributed by atoms with van der Waals surface area (Å²) in [5.74, 6) is -0.388. The van der Waals surface area contributed by atoms with Gasteiger partial charge in [-0.2, -0.15) is 0 Å². The molecule has 7 nitrogen and oxygen atoms in total. The summed E-state index contributed by atoms with van der Waals surface area (Å²) in [7, 11) is 0. The molecule has 0 spiro atoms. The van der Waals surface area contributed by atoms with E-state index in [-0.39, 0.29) is 18.9 Å². The summed E-state index contributed by atoms with van der Waals surface area (Å²) in [5, 5.41) is 2.30. The first-order chi connectivity index (χ1) is 6.90. The molecule has 5 amide bonds. The minimum atomic E-state index is -0.833. The Labute approximate surface area is 87.8 Å². The average Bonchev–Trinajstić information content (AvgIpc) is 2.14. The fourth-order valence-electron chi connectivity index (χ4n) is 1.10. The fourth-order valence-corrected chi connectivity index (χ4v) is 1.10. The SMILES string of the molecule is CCC(=O)N(C(N)=O)C(C)CNC(N)=O. The molecule has 0 fully saturated rings. The largest absolute Gasteiger partial charge is 0.352 e. The van der Waals surface area contributed by atoms with Crippen LogP contribution in [0.5, 0.6) is 0 Å². The predicted octanol–water partition coefficient (Wildman–Crippen LogP) is -0.639. The van der Waals surface area contributed by atoms with Crippen molar-refractivity contribution in [3.05, 3.63) is 0 Å². The van der Waals surface area contributed by atoms with Gasteiger partial charge in [0.05, 0.1) is 6.04 Å². The van der Waals surface area contributed by atoms with Crippen LogP contribution in [0.1, 0.15) is 20.3 Å². The Morgan fingerprint density at radius 2 is 1.87 bits per heavy atom. The second kappa shape index (κ2) is 5.84. The van der Waals surface area contributed by atoms with E-state index >= 15 is 0 Å². The zero-order valence-corrected chi connectivity index (χ0v) is 8.82. The first-order valence-electron chi connectivity index (χ1n) is 4.54. The van der Waals surface area contributed by atoms with Gasteiger partial charge < -0.3 is 16.8 Å². The van der Waals surface area contributed by atoms with Crippen LogP contribution in [0.25, 0.3) is 0 Å². The van der Waals surface area contributed by atoms with Crippen molar-refractivity contribution in [1.29, 1.82) is 0 Å². The molecule has 0 aromatic rings. The van der Waals surface area contributed by atoms with Crippen LogP contribution >= 0.6 is 0 Å². The summed E-state index contributed by atoms with van der Waals surface area (Å²) < 4.78 is 0. The molecule has 0 radical (unpaired) electrons. The maximum absolute atomic E-state index is 11.3. The van der Waals surface area contributed by atoms with Crippen LogP contribution in [0.15, 0.2) is 0 Å². The molecule has 0 saturated carbocycles. The average molecular weight is 216 g/mol. The summed E-state index contributed by atoms with van der Waals surface area (Å²) >= 11 is 0. The number of amides is 5. The number of hydrogen-bond acceptors (Lipinski definition) is 3. The van der Waals surface area contributed by atoms with Crippen molar-refractivity contribution >= 4 is 18.0 Å². The lowest BCUT2D eigenvalue weighted by Gasteiger charge is -2.25. The highest BCUT2D eigenvalue weighted by Crippen LogP contribution is 2.01. The van der Waals surface area contributed by atoms with Gasteiger partial charge in [0.1, 0.15) is 0 Å². The van der Waals surface area contributed by atoms with E-state index in [2.05, 4.69) is 5.32 Å². The number of carbonyl (C=O) groups is 3. The Hall–Kier alpha value is -1.79. The minimum Gasteiger partial charge on any atom is -0.352 e. The molecule has 0 aromatic heterocycles. The van der Waals surface area contributed by atoms with E-state index in [9.17, 15) is 14.4 Å². The van der Waals surface area contributed by atoms with Gasteiger partial charge in [-0.05, 0) is 6.92 Å². The Morgan fingerprint density at radius 1 is 1.33 bits per heavy atom. The zero-order chi connectivity index (χ0) is 12.0. The van der Waals surface area contributed by atoms with Crippen LogP contribution in [0.3, 0.4) is 0 Å². The number of hydrogen-bond donors (Lipinski definition) is 3. The molecule has 0 aromatic carbocycles. The maximum atomic E-state index is 11.3. The lowest BCUT2D eigenvalue weighted by molar-refractivity contribution is -0.129. The molecule has 5 N–H and O–H groups in total. The van der Waals surface area contributed by atoms with Crippen LogP contribution in [0, 0.1) is 0 Å². The quantitative estimate of drug-likeness (QED) is 0.579. The molecule has 0 bridgehead atoms. The van der Waals surface area contributed by atoms with E-state index in [1.807, 2.05) is 0 Å². The van der Waals surface area contributed by atoms with Crippen molar-refractivity contribution in [3.63, 3.8) is 0 Å². The molecule has 0 aliphatic rings. The van der Waals surface area contributed by atoms with Gasteiger partial charge in [-0.25, -0.2) is 9.59 Å². The standard InChI is InChI=1S/C8H16N4O3/c1-3-6(13)12(8(10)15)5(2)4-11-7(9)14/h5H,3-4H2,1-2H3,(H2,10,15)(H3,9,11,14). The number of nitrogens with one attached hydrogen (secondary N) is 1. The smallest absolute Gasteiger partial charge is 0.321 e. The van der Waals surface area contributed by atoms with Gasteiger partial charge in [0.25, 0.3) is 0 Å². The van der Waals surface area contributed by atoms with Gasteiger partial charge in [0.2, 0.25) is 5.91 Å². The number of nitrogens with two attached hydrogens (primary N) is 2.